The number of carbonyl (C=O) groups is 1. The van der Waals surface area contributed by atoms with Crippen molar-refractivity contribution >= 4 is 22.8 Å². The number of nitrogens with zero attached hydrogens (tertiary/aromatic N) is 4. The van der Waals surface area contributed by atoms with Crippen molar-refractivity contribution in [3.05, 3.63) is 61.0 Å². The van der Waals surface area contributed by atoms with Crippen LogP contribution in [-0.4, -0.2) is 30.0 Å². The first kappa shape index (κ1) is 23.9. The van der Waals surface area contributed by atoms with Crippen LogP contribution >= 0.6 is 0 Å². The fraction of sp³-hybridized carbons (Fsp3) is 0.455. The van der Waals surface area contributed by atoms with Crippen molar-refractivity contribution in [1.82, 2.24) is 19.1 Å². The van der Waals surface area contributed by atoms with Gasteiger partial charge in [-0.25, -0.2) is 9.78 Å². The lowest BCUT2D eigenvalue weighted by molar-refractivity contribution is -0.384. The second kappa shape index (κ2) is 10.2. The van der Waals surface area contributed by atoms with Gasteiger partial charge >= 0.3 is 11.7 Å². The van der Waals surface area contributed by atoms with Crippen molar-refractivity contribution in [2.45, 2.75) is 59.5 Å². The van der Waals surface area contributed by atoms with Crippen LogP contribution in [0.25, 0.3) is 11.2 Å². The van der Waals surface area contributed by atoms with E-state index in [0.29, 0.717) is 30.1 Å². The van der Waals surface area contributed by atoms with Gasteiger partial charge in [0.2, 0.25) is 0 Å². The molecule has 0 amide bonds. The summed E-state index contributed by atoms with van der Waals surface area (Å²) in [6.45, 7) is 6.94. The van der Waals surface area contributed by atoms with Gasteiger partial charge in [-0.05, 0) is 24.5 Å². The highest BCUT2D eigenvalue weighted by Gasteiger charge is 2.20. The molecule has 2 heterocycles. The van der Waals surface area contributed by atoms with Gasteiger partial charge in [-0.15, -0.1) is 0 Å². The van der Waals surface area contributed by atoms with Crippen LogP contribution in [-0.2, 0) is 24.3 Å². The minimum Gasteiger partial charge on any atom is -0.427 e. The van der Waals surface area contributed by atoms with Gasteiger partial charge in [-0.1, -0.05) is 27.2 Å². The number of fused-ring (bicyclic) bond motifs is 1. The van der Waals surface area contributed by atoms with Crippen LogP contribution in [0.1, 0.15) is 45.9 Å². The lowest BCUT2D eigenvalue weighted by Gasteiger charge is -2.11. The molecule has 0 atom stereocenters. The summed E-state index contributed by atoms with van der Waals surface area (Å²) in [7, 11) is 0. The zero-order valence-electron chi connectivity index (χ0n) is 18.9. The van der Waals surface area contributed by atoms with Crippen molar-refractivity contribution in [3.63, 3.8) is 0 Å². The van der Waals surface area contributed by atoms with E-state index in [-0.39, 0.29) is 30.2 Å². The highest BCUT2D eigenvalue weighted by molar-refractivity contribution is 5.74. The van der Waals surface area contributed by atoms with E-state index in [1.54, 1.807) is 4.57 Å². The molecule has 1 aromatic carbocycles. The van der Waals surface area contributed by atoms with Crippen LogP contribution in [0.4, 0.5) is 5.69 Å². The van der Waals surface area contributed by atoms with E-state index in [1.165, 1.54) is 28.8 Å². The Hall–Kier alpha value is -3.76. The molecule has 0 aliphatic carbocycles. The predicted octanol–water partition coefficient (Wildman–Crippen LogP) is 2.79. The first-order valence-corrected chi connectivity index (χ1v) is 10.9. The number of H-pyrrole nitrogens is 1. The summed E-state index contributed by atoms with van der Waals surface area (Å²) in [5.41, 5.74) is -0.471. The van der Waals surface area contributed by atoms with Crippen molar-refractivity contribution < 1.29 is 14.5 Å². The Bertz CT molecular complexity index is 1270. The minimum atomic E-state index is -0.538. The first-order chi connectivity index (χ1) is 15.7. The molecular weight excluding hydrogens is 430 g/mol. The molecule has 11 nitrogen and oxygen atoms in total. The van der Waals surface area contributed by atoms with E-state index in [2.05, 4.69) is 9.97 Å². The number of nitro benzene ring substituents is 1. The van der Waals surface area contributed by atoms with Crippen LogP contribution in [0, 0.1) is 16.0 Å². The van der Waals surface area contributed by atoms with Gasteiger partial charge in [0, 0.05) is 31.6 Å². The highest BCUT2D eigenvalue weighted by Crippen LogP contribution is 2.19. The van der Waals surface area contributed by atoms with Gasteiger partial charge in [-0.2, -0.15) is 0 Å². The van der Waals surface area contributed by atoms with Crippen molar-refractivity contribution in [3.8, 4) is 5.75 Å². The van der Waals surface area contributed by atoms with Crippen LogP contribution in [0.3, 0.4) is 0 Å². The van der Waals surface area contributed by atoms with Crippen LogP contribution in [0.15, 0.2) is 33.9 Å². The van der Waals surface area contributed by atoms with Crippen molar-refractivity contribution in [1.29, 1.82) is 0 Å². The number of carbonyl (C=O) groups excluding carboxylic acids is 1. The quantitative estimate of drug-likeness (QED) is 0.213. The van der Waals surface area contributed by atoms with Crippen LogP contribution < -0.4 is 16.0 Å². The summed E-state index contributed by atoms with van der Waals surface area (Å²) >= 11 is 0. The van der Waals surface area contributed by atoms with Gasteiger partial charge in [-0.3, -0.25) is 29.3 Å². The molecule has 176 valence electrons. The third kappa shape index (κ3) is 5.54. The average molecular weight is 457 g/mol. The lowest BCUT2D eigenvalue weighted by Crippen LogP contribution is -2.31. The fourth-order valence-corrected chi connectivity index (χ4v) is 3.53. The minimum absolute atomic E-state index is 0.0184. The molecule has 0 radical (unpaired) electrons. The molecule has 0 unspecified atom stereocenters. The number of aryl methyl sites for hydroxylation is 2. The maximum absolute atomic E-state index is 12.6. The Kier molecular flexibility index (Phi) is 7.41. The Morgan fingerprint density at radius 3 is 2.52 bits per heavy atom. The van der Waals surface area contributed by atoms with Gasteiger partial charge in [0.15, 0.2) is 11.2 Å². The van der Waals surface area contributed by atoms with Gasteiger partial charge in [0.1, 0.15) is 11.6 Å². The molecule has 0 spiro atoms. The maximum atomic E-state index is 12.6. The molecule has 0 saturated carbocycles. The monoisotopic (exact) mass is 457 g/mol. The summed E-state index contributed by atoms with van der Waals surface area (Å²) < 4.78 is 8.50. The van der Waals surface area contributed by atoms with E-state index < -0.39 is 22.1 Å². The molecule has 33 heavy (non-hydrogen) atoms. The number of hydrogen-bond acceptors (Lipinski definition) is 7. The van der Waals surface area contributed by atoms with Crippen LogP contribution in [0.2, 0.25) is 0 Å². The molecule has 0 fully saturated rings. The number of rotatable bonds is 10. The second-order valence-corrected chi connectivity index (χ2v) is 8.19. The predicted molar refractivity (Wildman–Crippen MR) is 121 cm³/mol. The molecule has 3 rings (SSSR count). The Morgan fingerprint density at radius 2 is 1.91 bits per heavy atom. The van der Waals surface area contributed by atoms with Crippen LogP contribution in [0.5, 0.6) is 5.75 Å². The third-order valence-corrected chi connectivity index (χ3v) is 5.08. The summed E-state index contributed by atoms with van der Waals surface area (Å²) in [4.78, 5) is 54.5. The number of hydrogen-bond donors (Lipinski definition) is 1. The summed E-state index contributed by atoms with van der Waals surface area (Å²) in [5.74, 6) is 0.375. The molecule has 0 saturated heterocycles. The zero-order valence-corrected chi connectivity index (χ0v) is 18.9. The van der Waals surface area contributed by atoms with Crippen molar-refractivity contribution in [2.24, 2.45) is 5.92 Å². The molecule has 3 aromatic rings. The Morgan fingerprint density at radius 1 is 1.21 bits per heavy atom. The number of aromatic amines is 1. The lowest BCUT2D eigenvalue weighted by atomic mass is 10.2. The van der Waals surface area contributed by atoms with E-state index in [4.69, 9.17) is 4.74 Å². The number of benzene rings is 1. The van der Waals surface area contributed by atoms with Crippen molar-refractivity contribution in [2.75, 3.05) is 0 Å². The number of nitro groups is 1. The molecule has 0 aliphatic rings. The molecule has 0 aliphatic heterocycles. The van der Waals surface area contributed by atoms with E-state index in [0.717, 1.165) is 12.8 Å². The number of non-ortho nitro benzene ring substituents is 1. The fourth-order valence-electron chi connectivity index (χ4n) is 3.53. The number of unbranched alkanes of at least 4 members (excludes halogenated alkanes) is 1. The normalized spacial score (nSPS) is 11.3. The standard InChI is InChI=1S/C22H27N5O6/c1-4-5-12-25-20-19(21(29)24-22(25)30)26(13-14(2)3)17(23-20)10-11-18(28)33-16-8-6-15(7-9-16)27(31)32/h6-9,14H,4-5,10-13H2,1-3H3,(H,24,29,30). The smallest absolute Gasteiger partial charge is 0.330 e. The molecule has 2 aromatic heterocycles. The zero-order chi connectivity index (χ0) is 24.1. The SMILES string of the molecule is CCCCn1c(=O)[nH]c(=O)c2c1nc(CCC(=O)Oc1ccc([N+](=O)[O-])cc1)n2CC(C)C. The molecule has 11 heteroatoms. The van der Waals surface area contributed by atoms with Gasteiger partial charge < -0.3 is 9.30 Å². The average Bonchev–Trinajstić information content (AvgIpc) is 3.10. The van der Waals surface area contributed by atoms with E-state index in [9.17, 15) is 24.5 Å². The summed E-state index contributed by atoms with van der Waals surface area (Å²) in [6.07, 6.45) is 1.82. The van der Waals surface area contributed by atoms with E-state index >= 15 is 0 Å². The number of ether oxygens (including phenoxy) is 1. The molecular formula is C22H27N5O6. The van der Waals surface area contributed by atoms with E-state index in [1.807, 2.05) is 20.8 Å². The number of nitrogens with one attached hydrogen (secondary N) is 1. The van der Waals surface area contributed by atoms with Gasteiger partial charge in [0.25, 0.3) is 11.2 Å². The second-order valence-electron chi connectivity index (χ2n) is 8.19. The number of imidazole rings is 1. The third-order valence-electron chi connectivity index (χ3n) is 5.08. The summed E-state index contributed by atoms with van der Waals surface area (Å²) in [5, 5.41) is 10.7. The first-order valence-electron chi connectivity index (χ1n) is 10.9. The largest absolute Gasteiger partial charge is 0.427 e. The highest BCUT2D eigenvalue weighted by atomic mass is 16.6. The number of esters is 1. The Balaban J connectivity index is 1.87. The molecule has 1 N–H and O–H groups in total. The maximum Gasteiger partial charge on any atom is 0.330 e. The Labute approximate surface area is 189 Å². The topological polar surface area (TPSA) is 142 Å². The van der Waals surface area contributed by atoms with Gasteiger partial charge in [0.05, 0.1) is 11.3 Å². The summed E-state index contributed by atoms with van der Waals surface area (Å²) in [6, 6.07) is 5.23. The number of aromatic nitrogens is 4. The molecule has 0 bridgehead atoms.